The van der Waals surface area contributed by atoms with E-state index in [0.29, 0.717) is 29.4 Å². The number of hydrogen-bond donors (Lipinski definition) is 9. The molecule has 0 radical (unpaired) electrons. The summed E-state index contributed by atoms with van der Waals surface area (Å²) in [5.41, 5.74) is 6.60. The Morgan fingerprint density at radius 1 is 0.792 bits per heavy atom. The normalized spacial score (nSPS) is 11.3. The van der Waals surface area contributed by atoms with Crippen molar-refractivity contribution in [1.29, 1.82) is 2.90 Å². The molecule has 4 rings (SSSR count). The van der Waals surface area contributed by atoms with Gasteiger partial charge >= 0.3 is 78.4 Å². The van der Waals surface area contributed by atoms with Gasteiger partial charge in [-0.3, -0.25) is 47.9 Å². The molecule has 1 aliphatic heterocycles. The van der Waals surface area contributed by atoms with Gasteiger partial charge in [0.25, 0.3) is 14.7 Å². The number of carbonyl (C=O) groups is 5. The number of fused-ring (bicyclic) bond motifs is 2. The number of hydrogen-bond acceptors (Lipinski definition) is 19. The molecule has 77 heavy (non-hydrogen) atoms. The van der Waals surface area contributed by atoms with Crippen LogP contribution in [0.15, 0.2) is 53.4 Å². The average Bonchev–Trinajstić information content (AvgIpc) is 3.81. The fraction of sp³-hybridized carbons (Fsp3) is 0.548. The quantitative estimate of drug-likeness (QED) is 0.0450. The molecule has 0 saturated carbocycles. The van der Waals surface area contributed by atoms with Crippen molar-refractivity contribution in [2.24, 2.45) is 16.5 Å². The summed E-state index contributed by atoms with van der Waals surface area (Å²) in [6, 6.07) is 13.7. The fourth-order valence-corrected chi connectivity index (χ4v) is 3.77. The number of amides is 2. The standard InChI is InChI=1S/C10H8O2.C8H5NO2.C5H10F3NO.C4H8F3NO.C4H6F3NO.C2H6BNO.C2HBO2.C2H7N.CH5N.CH4O.3CH4.2FH.2HOP/c1-6-9(11)7-4-2-3-5-8(7)10(6)12;10-7-5-3-1-2-4-6(5)8(11)9-7;1-9(2)3-4(10)5(6,7)8;2*1-8-2-3(9)4(5,6)7;1-4-3-5-2;4-2-1-3-5;1-3-2;2*1-2;;;;;;2*1-2/h2-6H,1H3;1-4H,(H,9,10,11);4,10H,3H2,1-2H3;3,8-9H,2H2,1H3;8H,2H2,1H3;1-2H3;4H;3H,1-2H3;2H2,1H3;2H,1H3;3*1H4;2*1H;2*2H/i/hT2. The van der Waals surface area contributed by atoms with Gasteiger partial charge in [0.05, 0.1) is 23.6 Å². The first kappa shape index (κ1) is 97.2. The Labute approximate surface area is 451 Å². The smallest absolute Gasteiger partial charge is 0.269 e. The van der Waals surface area contributed by atoms with E-state index >= 15 is 0 Å². The third-order valence-corrected chi connectivity index (χ3v) is 6.57. The molecule has 2 aromatic carbocycles. The summed E-state index contributed by atoms with van der Waals surface area (Å²) < 4.78 is 158. The summed E-state index contributed by atoms with van der Waals surface area (Å²) in [6.45, 7) is 0.168. The van der Waals surface area contributed by atoms with E-state index in [1.54, 1.807) is 93.7 Å². The van der Waals surface area contributed by atoms with E-state index in [-0.39, 0.29) is 52.2 Å². The number of ketones is 3. The van der Waals surface area contributed by atoms with Gasteiger partial charge in [0.2, 0.25) is 5.78 Å². The maximum absolute atomic E-state index is 11.5. The first-order chi connectivity index (χ1) is 35.5. The minimum absolute atomic E-state index is 0. The number of aliphatic hydroxyl groups excluding tert-OH is 4. The van der Waals surface area contributed by atoms with Gasteiger partial charge in [-0.15, -0.1) is 0 Å². The zero-order valence-electron chi connectivity index (χ0n) is 43.7. The van der Waals surface area contributed by atoms with Crippen molar-refractivity contribution in [3.8, 4) is 11.9 Å². The minimum Gasteiger partial charge on any atom is -0.288 e. The molecule has 0 spiro atoms. The summed E-state index contributed by atoms with van der Waals surface area (Å²) in [4.78, 5) is 59.3. The number of nitrogens with two attached hydrogens (primary N) is 1. The fourth-order valence-electron chi connectivity index (χ4n) is 3.77. The molecular weight excluding hydrogens is 1100 g/mol. The van der Waals surface area contributed by atoms with Gasteiger partial charge in [0.1, 0.15) is 18.2 Å². The summed E-state index contributed by atoms with van der Waals surface area (Å²) in [5.74, 6) is -1.17. The van der Waals surface area contributed by atoms with E-state index in [2.05, 4.69) is 39.5 Å². The van der Waals surface area contributed by atoms with Gasteiger partial charge in [-0.2, -0.15) is 39.5 Å². The Hall–Kier alpha value is -5.41. The average molecular weight is 1180 g/mol. The molecule has 1 heterocycles. The number of likely N-dealkylation sites (N-methyl/N-ethyl adjacent to an activating group) is 3. The third kappa shape index (κ3) is 56.6. The predicted molar refractivity (Wildman–Crippen MR) is 278 cm³/mol. The van der Waals surface area contributed by atoms with E-state index in [1.165, 1.54) is 53.5 Å². The van der Waals surface area contributed by atoms with Crippen molar-refractivity contribution in [2.45, 2.75) is 59.9 Å². The largest absolute Gasteiger partial charge is 0.288 e. The molecule has 2 atom stereocenters. The van der Waals surface area contributed by atoms with Crippen LogP contribution in [0.3, 0.4) is 0 Å². The van der Waals surface area contributed by atoms with Crippen molar-refractivity contribution < 1.29 is 112 Å². The van der Waals surface area contributed by atoms with Crippen molar-refractivity contribution in [1.82, 2.24) is 26.2 Å². The molecular formula is C42H76B2F11N7O13P2. The first-order valence-electron chi connectivity index (χ1n) is 20.0. The van der Waals surface area contributed by atoms with Crippen LogP contribution in [0.4, 0.5) is 48.9 Å². The van der Waals surface area contributed by atoms with Crippen LogP contribution in [0.25, 0.3) is 0 Å². The Morgan fingerprint density at radius 2 is 1.12 bits per heavy atom. The summed E-state index contributed by atoms with van der Waals surface area (Å²) in [5, 5.41) is 40.3. The van der Waals surface area contributed by atoms with Gasteiger partial charge in [-0.05, 0) is 68.4 Å². The number of imide groups is 1. The maximum atomic E-state index is 11.5. The van der Waals surface area contributed by atoms with Crippen molar-refractivity contribution in [3.05, 3.63) is 70.8 Å². The molecule has 0 bridgehead atoms. The number of aliphatic hydroxyl groups is 4. The number of Topliss-reactive ketones (excluding diaryl/α,β-unsaturated/α-hetero) is 3. The Bertz CT molecular complexity index is 1820. The second-order valence-corrected chi connectivity index (χ2v) is 12.2. The molecule has 0 saturated heterocycles. The van der Waals surface area contributed by atoms with Gasteiger partial charge in [0.15, 0.2) is 23.8 Å². The number of halogens is 11. The number of alkyl halides is 9. The van der Waals surface area contributed by atoms with E-state index < -0.39 is 55.5 Å². The molecule has 2 aromatic rings. The van der Waals surface area contributed by atoms with Gasteiger partial charge < -0.3 is 41.9 Å². The first-order valence-corrected chi connectivity index (χ1v) is 20.1. The van der Waals surface area contributed by atoms with E-state index in [9.17, 15) is 63.5 Å². The molecule has 2 aliphatic rings. The van der Waals surface area contributed by atoms with Crippen LogP contribution in [0.5, 0.6) is 0 Å². The molecule has 35 heteroatoms. The van der Waals surface area contributed by atoms with Crippen LogP contribution in [0.1, 0.15) is 70.6 Å². The Balaban J connectivity index is -0.0000000565. The zero-order chi connectivity index (χ0) is 62.9. The van der Waals surface area contributed by atoms with Gasteiger partial charge in [-0.25, -0.2) is 0 Å². The number of nitrogens with one attached hydrogen (secondary N) is 4. The van der Waals surface area contributed by atoms with Crippen LogP contribution in [0.2, 0.25) is 0 Å². The van der Waals surface area contributed by atoms with Gasteiger partial charge in [0, 0.05) is 31.3 Å². The number of carbonyl (C=O) groups excluding carboxylic acids is 5. The molecule has 450 valence electrons. The Morgan fingerprint density at radius 3 is 1.27 bits per heavy atom. The SMILES string of the molecule is C.C.C.CC1C(=O)c2ccccc2C1=O.CN.CN(C)CC(O)C(F)(F)F.CN=BOC.CNC.CNCC(=O)C(F)(F)F.CNCC(O)C(F)(F)F.CO.O=BC#CO.O=C1NC(=O)c2ccccc21.O=P.O=P.[3H]F.[3H]F. The monoisotopic (exact) mass is 1180 g/mol. The molecule has 0 aromatic heterocycles. The van der Waals surface area contributed by atoms with Crippen LogP contribution in [-0.4, -0.2) is 193 Å². The second-order valence-electron chi connectivity index (χ2n) is 12.2. The zero-order valence-corrected chi connectivity index (χ0v) is 43.7. The van der Waals surface area contributed by atoms with E-state index in [4.69, 9.17) is 43.7 Å². The van der Waals surface area contributed by atoms with Crippen LogP contribution in [-0.2, 0) is 23.3 Å². The molecule has 0 fully saturated rings. The number of benzene rings is 2. The Kier molecular flexibility index (Phi) is 81.9. The molecule has 2 amide bonds. The molecule has 1 aliphatic carbocycles. The maximum Gasteiger partial charge on any atom is 0.269 e. The predicted octanol–water partition coefficient (Wildman–Crippen LogP) is 4.78. The van der Waals surface area contributed by atoms with Crippen molar-refractivity contribution in [2.75, 3.05) is 90.2 Å². The second kappa shape index (κ2) is 64.9. The third-order valence-electron chi connectivity index (χ3n) is 6.57. The summed E-state index contributed by atoms with van der Waals surface area (Å²) in [7, 11) is 20.2. The summed E-state index contributed by atoms with van der Waals surface area (Å²) >= 11 is 0. The number of rotatable bonds is 7. The minimum atomic E-state index is -4.69. The number of nitrogens with zero attached hydrogens (tertiary/aromatic N) is 2. The van der Waals surface area contributed by atoms with Crippen molar-refractivity contribution >= 4 is 61.8 Å². The van der Waals surface area contributed by atoms with E-state index in [1.807, 2.05) is 14.1 Å². The van der Waals surface area contributed by atoms with Crippen molar-refractivity contribution in [3.63, 3.8) is 0 Å². The van der Waals surface area contributed by atoms with Gasteiger partial charge in [-0.1, -0.05) is 58.7 Å². The summed E-state index contributed by atoms with van der Waals surface area (Å²) in [6.07, 6.45) is -16.8. The molecule has 20 nitrogen and oxygen atoms in total. The topological polar surface area (TPSA) is 316 Å². The molecule has 2 unspecified atom stereocenters. The molecule has 10 N–H and O–H groups in total. The van der Waals surface area contributed by atoms with Crippen LogP contribution < -0.4 is 27.0 Å². The van der Waals surface area contributed by atoms with Crippen LogP contribution in [0, 0.1) is 17.8 Å². The van der Waals surface area contributed by atoms with E-state index in [0.717, 1.165) is 7.11 Å². The van der Waals surface area contributed by atoms with Crippen LogP contribution >= 0.6 is 18.2 Å².